The molecule has 5 rings (SSSR count). The van der Waals surface area contributed by atoms with Gasteiger partial charge in [0.15, 0.2) is 0 Å². The number of ether oxygens (including phenoxy) is 1. The van der Waals surface area contributed by atoms with Crippen molar-refractivity contribution in [2.45, 2.75) is 77.4 Å². The van der Waals surface area contributed by atoms with E-state index < -0.39 is 17.6 Å². The first-order chi connectivity index (χ1) is 21.7. The number of hydrogen-bond acceptors (Lipinski definition) is 9. The van der Waals surface area contributed by atoms with Gasteiger partial charge in [-0.15, -0.1) is 0 Å². The van der Waals surface area contributed by atoms with Gasteiger partial charge in [0.2, 0.25) is 5.91 Å². The zero-order chi connectivity index (χ0) is 31.8. The van der Waals surface area contributed by atoms with Gasteiger partial charge in [-0.1, -0.05) is 43.3 Å². The summed E-state index contributed by atoms with van der Waals surface area (Å²) in [5.74, 6) is 2.11. The maximum absolute atomic E-state index is 13.1. The number of carbonyl (C=O) groups is 2. The van der Waals surface area contributed by atoms with E-state index in [1.54, 1.807) is 33.2 Å². The lowest BCUT2D eigenvalue weighted by Crippen LogP contribution is -2.47. The second-order valence-electron chi connectivity index (χ2n) is 12.6. The zero-order valence-corrected chi connectivity index (χ0v) is 26.8. The molecule has 3 aromatic rings. The van der Waals surface area contributed by atoms with Gasteiger partial charge < -0.3 is 25.6 Å². The van der Waals surface area contributed by atoms with Gasteiger partial charge >= 0.3 is 5.97 Å². The van der Waals surface area contributed by atoms with Crippen LogP contribution >= 0.6 is 0 Å². The number of aromatic nitrogens is 3. The Bertz CT molecular complexity index is 1490. The Balaban J connectivity index is 1.25. The van der Waals surface area contributed by atoms with Crippen molar-refractivity contribution in [1.82, 2.24) is 20.3 Å². The van der Waals surface area contributed by atoms with E-state index >= 15 is 0 Å². The van der Waals surface area contributed by atoms with E-state index in [1.165, 1.54) is 11.6 Å². The number of anilines is 3. The number of amides is 1. The van der Waals surface area contributed by atoms with Crippen molar-refractivity contribution in [1.29, 1.82) is 0 Å². The number of fused-ring (bicyclic) bond motifs is 1. The first-order valence-electron chi connectivity index (χ1n) is 16.0. The average Bonchev–Trinajstić information content (AvgIpc) is 3.05. The lowest BCUT2D eigenvalue weighted by atomic mass is 9.92. The number of aryl methyl sites for hydroxylation is 1. The van der Waals surface area contributed by atoms with Crippen molar-refractivity contribution in [3.63, 3.8) is 0 Å². The lowest BCUT2D eigenvalue weighted by Gasteiger charge is -2.34. The van der Waals surface area contributed by atoms with Crippen molar-refractivity contribution in [3.8, 4) is 0 Å². The molecular formula is C35H45N7O3. The first-order valence-corrected chi connectivity index (χ1v) is 16.0. The molecule has 2 aromatic heterocycles. The molecule has 10 heteroatoms. The standard InChI is InChI=1S/C35H45N7O3/c1-5-27-32(37-22-29(34(44)45-35(2,3)4)40-30(43)16-13-24-10-7-6-8-11-24)38-23-39-33(27)42-20-17-25(18-21-42)28-15-14-26-12-9-19-36-31(26)41-28/h6-8,10-11,13-16,23,25,29H,5,9,12,17-22H2,1-4H3,(H,36,41)(H,40,43)(H,37,38,39)/t29-/m0/s1. The highest BCUT2D eigenvalue weighted by atomic mass is 16.6. The average molecular weight is 612 g/mol. The highest BCUT2D eigenvalue weighted by Crippen LogP contribution is 2.33. The molecule has 1 aromatic carbocycles. The molecule has 1 atom stereocenters. The molecule has 10 nitrogen and oxygen atoms in total. The topological polar surface area (TPSA) is 121 Å². The largest absolute Gasteiger partial charge is 0.458 e. The summed E-state index contributed by atoms with van der Waals surface area (Å²) in [4.78, 5) is 42.4. The normalized spacial score (nSPS) is 16.0. The van der Waals surface area contributed by atoms with Gasteiger partial charge in [-0.2, -0.15) is 0 Å². The van der Waals surface area contributed by atoms with Crippen LogP contribution in [0, 0.1) is 0 Å². The number of piperidine rings is 1. The quantitative estimate of drug-likeness (QED) is 0.212. The van der Waals surface area contributed by atoms with Crippen LogP contribution in [0.3, 0.4) is 0 Å². The van der Waals surface area contributed by atoms with E-state index in [4.69, 9.17) is 9.72 Å². The van der Waals surface area contributed by atoms with Crippen LogP contribution in [0.1, 0.15) is 75.3 Å². The SMILES string of the molecule is CCc1c(NC[C@H](NC(=O)C=Cc2ccccc2)C(=O)OC(C)(C)C)ncnc1N1CCC(c2ccc3c(n2)NCCC3)CC1. The number of benzene rings is 1. The van der Waals surface area contributed by atoms with Crippen LogP contribution in [0.2, 0.25) is 0 Å². The molecule has 0 spiro atoms. The summed E-state index contributed by atoms with van der Waals surface area (Å²) in [6, 6.07) is 13.0. The van der Waals surface area contributed by atoms with Gasteiger partial charge in [-0.05, 0) is 76.1 Å². The van der Waals surface area contributed by atoms with Gasteiger partial charge in [0, 0.05) is 49.4 Å². The highest BCUT2D eigenvalue weighted by Gasteiger charge is 2.28. The molecule has 1 saturated heterocycles. The smallest absolute Gasteiger partial charge is 0.331 e. The number of nitrogens with zero attached hydrogens (tertiary/aromatic N) is 4. The molecule has 0 saturated carbocycles. The summed E-state index contributed by atoms with van der Waals surface area (Å²) in [7, 11) is 0. The Morgan fingerprint density at radius 1 is 1.11 bits per heavy atom. The summed E-state index contributed by atoms with van der Waals surface area (Å²) < 4.78 is 5.64. The fraction of sp³-hybridized carbons (Fsp3) is 0.457. The number of carbonyl (C=O) groups excluding carboxylic acids is 2. The van der Waals surface area contributed by atoms with Crippen LogP contribution in [-0.2, 0) is 27.2 Å². The molecule has 1 fully saturated rings. The Morgan fingerprint density at radius 3 is 2.62 bits per heavy atom. The predicted molar refractivity (Wildman–Crippen MR) is 178 cm³/mol. The Hall–Kier alpha value is -4.47. The van der Waals surface area contributed by atoms with Gasteiger partial charge in [0.25, 0.3) is 0 Å². The van der Waals surface area contributed by atoms with Crippen molar-refractivity contribution < 1.29 is 14.3 Å². The highest BCUT2D eigenvalue weighted by molar-refractivity contribution is 5.94. The summed E-state index contributed by atoms with van der Waals surface area (Å²) in [6.07, 6.45) is 9.63. The maximum Gasteiger partial charge on any atom is 0.331 e. The third-order valence-electron chi connectivity index (χ3n) is 8.11. The predicted octanol–water partition coefficient (Wildman–Crippen LogP) is 5.13. The van der Waals surface area contributed by atoms with Crippen LogP contribution in [0.5, 0.6) is 0 Å². The lowest BCUT2D eigenvalue weighted by molar-refractivity contribution is -0.157. The molecule has 0 radical (unpaired) electrons. The molecule has 2 aliphatic heterocycles. The summed E-state index contributed by atoms with van der Waals surface area (Å²) in [5.41, 5.74) is 3.64. The van der Waals surface area contributed by atoms with Crippen LogP contribution in [0.15, 0.2) is 54.9 Å². The third kappa shape index (κ3) is 8.59. The van der Waals surface area contributed by atoms with Crippen LogP contribution in [0.4, 0.5) is 17.5 Å². The molecular weight excluding hydrogens is 566 g/mol. The minimum Gasteiger partial charge on any atom is -0.458 e. The molecule has 0 bridgehead atoms. The fourth-order valence-corrected chi connectivity index (χ4v) is 5.83. The Morgan fingerprint density at radius 2 is 1.89 bits per heavy atom. The van der Waals surface area contributed by atoms with E-state index in [2.05, 4.69) is 49.9 Å². The fourth-order valence-electron chi connectivity index (χ4n) is 5.83. The minimum absolute atomic E-state index is 0.114. The molecule has 0 unspecified atom stereocenters. The number of rotatable bonds is 10. The molecule has 3 N–H and O–H groups in total. The van der Waals surface area contributed by atoms with E-state index in [-0.39, 0.29) is 12.5 Å². The molecule has 0 aliphatic carbocycles. The first kappa shape index (κ1) is 31.9. The summed E-state index contributed by atoms with van der Waals surface area (Å²) in [6.45, 7) is 10.3. The van der Waals surface area contributed by atoms with Crippen molar-refractivity contribution in [3.05, 3.63) is 77.3 Å². The molecule has 238 valence electrons. The van der Waals surface area contributed by atoms with Crippen molar-refractivity contribution in [2.75, 3.05) is 41.7 Å². The van der Waals surface area contributed by atoms with Gasteiger partial charge in [0.1, 0.15) is 35.4 Å². The number of pyridine rings is 1. The van der Waals surface area contributed by atoms with E-state index in [0.717, 1.165) is 73.8 Å². The number of nitrogens with one attached hydrogen (secondary N) is 3. The maximum atomic E-state index is 13.1. The van der Waals surface area contributed by atoms with Gasteiger partial charge in [0.05, 0.1) is 0 Å². The van der Waals surface area contributed by atoms with Crippen molar-refractivity contribution in [2.24, 2.45) is 0 Å². The van der Waals surface area contributed by atoms with E-state index in [0.29, 0.717) is 18.2 Å². The van der Waals surface area contributed by atoms with E-state index in [1.807, 2.05) is 30.3 Å². The van der Waals surface area contributed by atoms with Crippen LogP contribution in [-0.4, -0.2) is 64.7 Å². The molecule has 1 amide bonds. The summed E-state index contributed by atoms with van der Waals surface area (Å²) in [5, 5.41) is 9.58. The van der Waals surface area contributed by atoms with E-state index in [9.17, 15) is 9.59 Å². The number of hydrogen-bond donors (Lipinski definition) is 3. The molecule has 45 heavy (non-hydrogen) atoms. The van der Waals surface area contributed by atoms with Crippen molar-refractivity contribution >= 4 is 35.4 Å². The monoisotopic (exact) mass is 611 g/mol. The molecule has 2 aliphatic rings. The Labute approximate surface area is 266 Å². The second kappa shape index (κ2) is 14.5. The van der Waals surface area contributed by atoms with Gasteiger partial charge in [-0.25, -0.2) is 19.7 Å². The Kier molecular flexibility index (Phi) is 10.3. The van der Waals surface area contributed by atoms with Gasteiger partial charge in [-0.3, -0.25) is 4.79 Å². The van der Waals surface area contributed by atoms with Crippen LogP contribution in [0.25, 0.3) is 6.08 Å². The van der Waals surface area contributed by atoms with Crippen LogP contribution < -0.4 is 20.9 Å². The minimum atomic E-state index is -0.922. The number of esters is 1. The second-order valence-corrected chi connectivity index (χ2v) is 12.6. The third-order valence-corrected chi connectivity index (χ3v) is 8.11. The zero-order valence-electron chi connectivity index (χ0n) is 26.8. The molecule has 4 heterocycles. The summed E-state index contributed by atoms with van der Waals surface area (Å²) >= 11 is 0.